The molecule has 0 bridgehead atoms. The van der Waals surface area contributed by atoms with Crippen molar-refractivity contribution in [2.24, 2.45) is 0 Å². The van der Waals surface area contributed by atoms with Crippen molar-refractivity contribution < 1.29 is 45.4 Å². The van der Waals surface area contributed by atoms with Gasteiger partial charge in [0, 0.05) is 11.4 Å². The van der Waals surface area contributed by atoms with Gasteiger partial charge in [0.2, 0.25) is 11.6 Å². The highest BCUT2D eigenvalue weighted by Crippen LogP contribution is 2.44. The molecular weight excluding hydrogens is 444 g/mol. The zero-order chi connectivity index (χ0) is 22.6. The number of nitrogens with one attached hydrogen (secondary N) is 1. The van der Waals surface area contributed by atoms with Gasteiger partial charge < -0.3 is 21.3 Å². The van der Waals surface area contributed by atoms with E-state index in [4.69, 9.17) is 10.3 Å². The predicted octanol–water partition coefficient (Wildman–Crippen LogP) is 0.0477. The maximum atomic E-state index is 13.0. The fourth-order valence-electron chi connectivity index (χ4n) is 3.03. The van der Waals surface area contributed by atoms with Crippen LogP contribution in [0.1, 0.15) is 31.8 Å². The number of aromatic hydroxyl groups is 2. The van der Waals surface area contributed by atoms with E-state index in [1.54, 1.807) is 0 Å². The number of nitrogens with two attached hydrogens (primary N) is 1. The van der Waals surface area contributed by atoms with Crippen LogP contribution in [0.2, 0.25) is 0 Å². The van der Waals surface area contributed by atoms with Crippen LogP contribution in [0.5, 0.6) is 11.5 Å². The number of anilines is 2. The molecule has 0 heterocycles. The quantitative estimate of drug-likeness (QED) is 0.148. The summed E-state index contributed by atoms with van der Waals surface area (Å²) in [4.78, 5) is 25.1. The zero-order valence-corrected chi connectivity index (χ0v) is 16.7. The molecule has 160 valence electrons. The zero-order valence-electron chi connectivity index (χ0n) is 15.0. The first-order chi connectivity index (χ1) is 13.8. The molecule has 0 aliphatic heterocycles. The SMILES string of the molecule is COS(=O)(=O)c1cc(NCS(=O)(=O)O)c2c(c1O)C(=O)c1c(N)ccc(O)c1C2=O. The first-order valence-electron chi connectivity index (χ1n) is 7.90. The molecule has 1 aliphatic rings. The van der Waals surface area contributed by atoms with E-state index in [1.165, 1.54) is 0 Å². The lowest BCUT2D eigenvalue weighted by Gasteiger charge is -2.24. The smallest absolute Gasteiger partial charge is 0.300 e. The summed E-state index contributed by atoms with van der Waals surface area (Å²) >= 11 is 0. The van der Waals surface area contributed by atoms with Gasteiger partial charge in [0.25, 0.3) is 10.1 Å². The molecule has 6 N–H and O–H groups in total. The van der Waals surface area contributed by atoms with E-state index in [9.17, 15) is 36.6 Å². The molecule has 0 fully saturated rings. The highest BCUT2D eigenvalue weighted by atomic mass is 32.2. The third-order valence-corrected chi connectivity index (χ3v) is 6.12. The topological polar surface area (TPSA) is 210 Å². The summed E-state index contributed by atoms with van der Waals surface area (Å²) in [5, 5.41) is 22.7. The van der Waals surface area contributed by atoms with Gasteiger partial charge >= 0.3 is 10.1 Å². The molecule has 2 aromatic rings. The molecule has 30 heavy (non-hydrogen) atoms. The largest absolute Gasteiger partial charge is 0.507 e. The molecule has 3 rings (SSSR count). The summed E-state index contributed by atoms with van der Waals surface area (Å²) < 4.78 is 59.9. The molecule has 0 atom stereocenters. The molecule has 12 nitrogen and oxygen atoms in total. The average Bonchev–Trinajstić information content (AvgIpc) is 2.65. The number of hydrogen-bond donors (Lipinski definition) is 5. The summed E-state index contributed by atoms with van der Waals surface area (Å²) in [5.74, 6) is -5.03. The van der Waals surface area contributed by atoms with Crippen LogP contribution in [0.15, 0.2) is 23.1 Å². The van der Waals surface area contributed by atoms with Gasteiger partial charge in [-0.15, -0.1) is 0 Å². The summed E-state index contributed by atoms with van der Waals surface area (Å²) in [6.07, 6.45) is 0. The highest BCUT2D eigenvalue weighted by Gasteiger charge is 2.40. The number of fused-ring (bicyclic) bond motifs is 2. The van der Waals surface area contributed by atoms with Crippen LogP contribution in [0, 0.1) is 0 Å². The van der Waals surface area contributed by atoms with Crippen molar-refractivity contribution in [2.75, 3.05) is 24.0 Å². The molecule has 0 saturated carbocycles. The van der Waals surface area contributed by atoms with Gasteiger partial charge in [0.15, 0.2) is 0 Å². The summed E-state index contributed by atoms with van der Waals surface area (Å²) in [6.45, 7) is 0. The normalized spacial score (nSPS) is 13.7. The van der Waals surface area contributed by atoms with Crippen molar-refractivity contribution >= 4 is 43.2 Å². The second-order valence-electron chi connectivity index (χ2n) is 6.13. The Bertz CT molecular complexity index is 1330. The maximum absolute atomic E-state index is 13.0. The molecule has 1 aliphatic carbocycles. The van der Waals surface area contributed by atoms with Gasteiger partial charge in [0.05, 0.1) is 29.4 Å². The van der Waals surface area contributed by atoms with Crippen molar-refractivity contribution in [1.29, 1.82) is 0 Å². The van der Waals surface area contributed by atoms with Crippen molar-refractivity contribution in [1.82, 2.24) is 0 Å². The molecule has 2 aromatic carbocycles. The minimum absolute atomic E-state index is 0.223. The van der Waals surface area contributed by atoms with Crippen LogP contribution in [0.25, 0.3) is 0 Å². The van der Waals surface area contributed by atoms with Gasteiger partial charge in [-0.1, -0.05) is 0 Å². The molecular formula is C16H14N2O10S2. The fraction of sp³-hybridized carbons (Fsp3) is 0.125. The van der Waals surface area contributed by atoms with E-state index in [2.05, 4.69) is 9.50 Å². The second kappa shape index (κ2) is 6.94. The van der Waals surface area contributed by atoms with Crippen molar-refractivity contribution in [3.05, 3.63) is 40.5 Å². The number of carbonyl (C=O) groups excluding carboxylic acids is 2. The van der Waals surface area contributed by atoms with Gasteiger partial charge in [-0.2, -0.15) is 16.8 Å². The van der Waals surface area contributed by atoms with Crippen LogP contribution in [0.4, 0.5) is 11.4 Å². The third-order valence-electron chi connectivity index (χ3n) is 4.32. The van der Waals surface area contributed by atoms with E-state index in [0.717, 1.165) is 19.2 Å². The summed E-state index contributed by atoms with van der Waals surface area (Å²) in [7, 11) is -8.48. The number of hydrogen-bond acceptors (Lipinski definition) is 11. The molecule has 14 heteroatoms. The standard InChI is InChI=1S/C16H14N2O10S2/c1-28-30(26,27)9-4-7(18-5-29(23,24)25)11-13(14(9)20)15(21)10-6(17)2-3-8(19)12(10)16(11)22/h2-4,18-20H,5,17H2,1H3,(H,23,24,25). The van der Waals surface area contributed by atoms with Crippen molar-refractivity contribution in [2.45, 2.75) is 4.90 Å². The van der Waals surface area contributed by atoms with Crippen LogP contribution < -0.4 is 11.1 Å². The third kappa shape index (κ3) is 3.35. The van der Waals surface area contributed by atoms with Gasteiger partial charge in [0.1, 0.15) is 22.3 Å². The first kappa shape index (κ1) is 21.5. The Labute approximate surface area is 169 Å². The highest BCUT2D eigenvalue weighted by molar-refractivity contribution is 7.87. The first-order valence-corrected chi connectivity index (χ1v) is 10.9. The number of nitrogen functional groups attached to an aromatic ring is 1. The van der Waals surface area contributed by atoms with Gasteiger partial charge in [-0.25, -0.2) is 0 Å². The summed E-state index contributed by atoms with van der Waals surface area (Å²) in [5.41, 5.74) is 2.60. The monoisotopic (exact) mass is 458 g/mol. The van der Waals surface area contributed by atoms with Crippen LogP contribution >= 0.6 is 0 Å². The number of phenolic OH excluding ortho intramolecular Hbond substituents is 2. The van der Waals surface area contributed by atoms with Crippen LogP contribution in [-0.2, 0) is 24.4 Å². The van der Waals surface area contributed by atoms with Gasteiger partial charge in [-0.3, -0.25) is 18.3 Å². The Kier molecular flexibility index (Phi) is 4.98. The average molecular weight is 458 g/mol. The van der Waals surface area contributed by atoms with E-state index < -0.39 is 82.0 Å². The molecule has 0 amide bonds. The Morgan fingerprint density at radius 1 is 1.00 bits per heavy atom. The molecule has 0 aromatic heterocycles. The number of carbonyl (C=O) groups is 2. The lowest BCUT2D eigenvalue weighted by molar-refractivity contribution is 0.0975. The number of ketones is 2. The Hall–Kier alpha value is -3.20. The number of benzene rings is 2. The number of phenols is 2. The lowest BCUT2D eigenvalue weighted by Crippen LogP contribution is -2.26. The minimum atomic E-state index is -4.64. The van der Waals surface area contributed by atoms with Crippen LogP contribution in [-0.4, -0.2) is 56.2 Å². The maximum Gasteiger partial charge on any atom is 0.300 e. The van der Waals surface area contributed by atoms with E-state index in [0.29, 0.717) is 6.07 Å². The Morgan fingerprint density at radius 3 is 2.17 bits per heavy atom. The Balaban J connectivity index is 2.42. The second-order valence-corrected chi connectivity index (χ2v) is 9.26. The lowest BCUT2D eigenvalue weighted by atomic mass is 9.81. The van der Waals surface area contributed by atoms with Crippen LogP contribution in [0.3, 0.4) is 0 Å². The van der Waals surface area contributed by atoms with E-state index in [1.807, 2.05) is 0 Å². The molecule has 0 spiro atoms. The van der Waals surface area contributed by atoms with Gasteiger partial charge in [-0.05, 0) is 18.2 Å². The predicted molar refractivity (Wildman–Crippen MR) is 102 cm³/mol. The van der Waals surface area contributed by atoms with Crippen molar-refractivity contribution in [3.8, 4) is 11.5 Å². The van der Waals surface area contributed by atoms with E-state index in [-0.39, 0.29) is 5.69 Å². The minimum Gasteiger partial charge on any atom is -0.507 e. The van der Waals surface area contributed by atoms with E-state index >= 15 is 0 Å². The van der Waals surface area contributed by atoms with Crippen molar-refractivity contribution in [3.63, 3.8) is 0 Å². The number of rotatable bonds is 5. The molecule has 0 radical (unpaired) electrons. The fourth-order valence-corrected chi connectivity index (χ4v) is 4.14. The Morgan fingerprint density at radius 2 is 1.60 bits per heavy atom. The summed E-state index contributed by atoms with van der Waals surface area (Å²) in [6, 6.07) is 2.85. The molecule has 0 unspecified atom stereocenters. The molecule has 0 saturated heterocycles.